The minimum atomic E-state index is -3.06. The van der Waals surface area contributed by atoms with Gasteiger partial charge in [-0.25, -0.2) is 8.42 Å². The van der Waals surface area contributed by atoms with Gasteiger partial charge >= 0.3 is 0 Å². The Morgan fingerprint density at radius 2 is 1.86 bits per heavy atom. The predicted molar refractivity (Wildman–Crippen MR) is 120 cm³/mol. The SMILES string of the molecule is CN=C(NCC(c1ccccc1)N1CCC(C)CC1)N1CCS(=O)(=O)C(C)(C)C1. The van der Waals surface area contributed by atoms with E-state index in [1.165, 1.54) is 18.4 Å². The van der Waals surface area contributed by atoms with E-state index in [4.69, 9.17) is 0 Å². The molecule has 7 heteroatoms. The van der Waals surface area contributed by atoms with Crippen LogP contribution in [0.1, 0.15) is 45.2 Å². The van der Waals surface area contributed by atoms with Gasteiger partial charge in [0.1, 0.15) is 0 Å². The molecule has 1 aromatic rings. The summed E-state index contributed by atoms with van der Waals surface area (Å²) in [4.78, 5) is 9.12. The van der Waals surface area contributed by atoms with E-state index in [-0.39, 0.29) is 11.8 Å². The monoisotopic (exact) mass is 420 g/mol. The number of benzene rings is 1. The van der Waals surface area contributed by atoms with Gasteiger partial charge in [0.25, 0.3) is 0 Å². The standard InChI is InChI=1S/C22H36N4O2S/c1-18-10-12-25(13-11-18)20(19-8-6-5-7-9-19)16-24-21(23-4)26-14-15-29(27,28)22(2,3)17-26/h5-9,18,20H,10-17H2,1-4H3,(H,23,24). The number of likely N-dealkylation sites (tertiary alicyclic amines) is 1. The number of hydrogen-bond donors (Lipinski definition) is 1. The van der Waals surface area contributed by atoms with Crippen molar-refractivity contribution in [3.05, 3.63) is 35.9 Å². The van der Waals surface area contributed by atoms with Crippen molar-refractivity contribution in [2.24, 2.45) is 10.9 Å². The third-order valence-corrected chi connectivity index (χ3v) is 8.98. The first-order chi connectivity index (χ1) is 13.7. The Morgan fingerprint density at radius 1 is 1.21 bits per heavy atom. The molecule has 0 spiro atoms. The molecule has 2 aliphatic rings. The van der Waals surface area contributed by atoms with Crippen molar-refractivity contribution in [1.29, 1.82) is 0 Å². The normalized spacial score (nSPS) is 24.3. The second kappa shape index (κ2) is 9.04. The highest BCUT2D eigenvalue weighted by Gasteiger charge is 2.41. The molecule has 1 atom stereocenters. The van der Waals surface area contributed by atoms with Crippen LogP contribution >= 0.6 is 0 Å². The van der Waals surface area contributed by atoms with Crippen LogP contribution in [0.25, 0.3) is 0 Å². The molecule has 0 amide bonds. The molecule has 6 nitrogen and oxygen atoms in total. The van der Waals surface area contributed by atoms with E-state index in [1.807, 2.05) is 13.8 Å². The van der Waals surface area contributed by atoms with E-state index in [2.05, 4.69) is 57.4 Å². The van der Waals surface area contributed by atoms with Crippen LogP contribution in [0.2, 0.25) is 0 Å². The first-order valence-electron chi connectivity index (χ1n) is 10.7. The van der Waals surface area contributed by atoms with Crippen molar-refractivity contribution < 1.29 is 8.42 Å². The lowest BCUT2D eigenvalue weighted by Gasteiger charge is -2.40. The highest BCUT2D eigenvalue weighted by atomic mass is 32.2. The molecular formula is C22H36N4O2S. The van der Waals surface area contributed by atoms with Crippen molar-refractivity contribution >= 4 is 15.8 Å². The molecule has 1 aromatic carbocycles. The fourth-order valence-corrected chi connectivity index (χ4v) is 5.68. The Kier molecular flexibility index (Phi) is 6.89. The molecule has 2 aliphatic heterocycles. The van der Waals surface area contributed by atoms with Gasteiger partial charge in [0, 0.05) is 26.7 Å². The molecule has 1 N–H and O–H groups in total. The number of hydrogen-bond acceptors (Lipinski definition) is 4. The highest BCUT2D eigenvalue weighted by molar-refractivity contribution is 7.92. The summed E-state index contributed by atoms with van der Waals surface area (Å²) in [5, 5.41) is 3.55. The topological polar surface area (TPSA) is 65.0 Å². The quantitative estimate of drug-likeness (QED) is 0.599. The number of nitrogens with one attached hydrogen (secondary N) is 1. The second-order valence-electron chi connectivity index (χ2n) is 9.07. The Morgan fingerprint density at radius 3 is 2.45 bits per heavy atom. The summed E-state index contributed by atoms with van der Waals surface area (Å²) in [6.07, 6.45) is 2.46. The first kappa shape index (κ1) is 22.1. The van der Waals surface area contributed by atoms with Crippen molar-refractivity contribution in [2.45, 2.75) is 44.4 Å². The fourth-order valence-electron chi connectivity index (χ4n) is 4.32. The minimum Gasteiger partial charge on any atom is -0.354 e. The summed E-state index contributed by atoms with van der Waals surface area (Å²) in [6, 6.07) is 10.9. The fraction of sp³-hybridized carbons (Fsp3) is 0.682. The van der Waals surface area contributed by atoms with Crippen molar-refractivity contribution in [2.75, 3.05) is 45.5 Å². The summed E-state index contributed by atoms with van der Waals surface area (Å²) in [5.74, 6) is 1.76. The van der Waals surface area contributed by atoms with Gasteiger partial charge in [-0.05, 0) is 51.3 Å². The Balaban J connectivity index is 1.71. The second-order valence-corrected chi connectivity index (χ2v) is 11.8. The molecular weight excluding hydrogens is 384 g/mol. The third kappa shape index (κ3) is 5.12. The van der Waals surface area contributed by atoms with Gasteiger partial charge in [-0.3, -0.25) is 9.89 Å². The van der Waals surface area contributed by atoms with E-state index in [0.717, 1.165) is 31.5 Å². The maximum Gasteiger partial charge on any atom is 0.193 e. The molecule has 2 fully saturated rings. The maximum atomic E-state index is 12.4. The van der Waals surface area contributed by atoms with E-state index in [1.54, 1.807) is 7.05 Å². The molecule has 2 saturated heterocycles. The van der Waals surface area contributed by atoms with Crippen molar-refractivity contribution in [1.82, 2.24) is 15.1 Å². The molecule has 162 valence electrons. The molecule has 0 saturated carbocycles. The van der Waals surface area contributed by atoms with Gasteiger partial charge in [-0.1, -0.05) is 37.3 Å². The molecule has 0 aliphatic carbocycles. The van der Waals surface area contributed by atoms with Crippen molar-refractivity contribution in [3.63, 3.8) is 0 Å². The molecule has 29 heavy (non-hydrogen) atoms. The zero-order chi connectivity index (χ0) is 21.1. The summed E-state index contributed by atoms with van der Waals surface area (Å²) >= 11 is 0. The van der Waals surface area contributed by atoms with Crippen LogP contribution < -0.4 is 5.32 Å². The molecule has 1 unspecified atom stereocenters. The number of aliphatic imine (C=N–C) groups is 1. The van der Waals surface area contributed by atoms with Gasteiger partial charge in [0.15, 0.2) is 15.8 Å². The Hall–Kier alpha value is -1.60. The van der Waals surface area contributed by atoms with Gasteiger partial charge in [0.05, 0.1) is 16.5 Å². The van der Waals surface area contributed by atoms with Gasteiger partial charge in [0.2, 0.25) is 0 Å². The lowest BCUT2D eigenvalue weighted by atomic mass is 9.95. The average Bonchev–Trinajstić information content (AvgIpc) is 2.69. The van der Waals surface area contributed by atoms with E-state index >= 15 is 0 Å². The van der Waals surface area contributed by atoms with Crippen LogP contribution in [0.15, 0.2) is 35.3 Å². The Bertz CT molecular complexity index is 799. The molecule has 0 aromatic heterocycles. The minimum absolute atomic E-state index is 0.173. The van der Waals surface area contributed by atoms with E-state index in [0.29, 0.717) is 13.1 Å². The third-order valence-electron chi connectivity index (χ3n) is 6.45. The first-order valence-corrected chi connectivity index (χ1v) is 12.4. The highest BCUT2D eigenvalue weighted by Crippen LogP contribution is 2.27. The van der Waals surface area contributed by atoms with Crippen LogP contribution in [-0.2, 0) is 9.84 Å². The zero-order valence-corrected chi connectivity index (χ0v) is 19.1. The maximum absolute atomic E-state index is 12.4. The van der Waals surface area contributed by atoms with E-state index < -0.39 is 14.6 Å². The lowest BCUT2D eigenvalue weighted by Crippen LogP contribution is -2.57. The number of piperidine rings is 1. The van der Waals surface area contributed by atoms with Crippen molar-refractivity contribution in [3.8, 4) is 0 Å². The molecule has 3 rings (SSSR count). The number of sulfone groups is 1. The largest absolute Gasteiger partial charge is 0.354 e. The van der Waals surface area contributed by atoms with Crippen LogP contribution in [0.4, 0.5) is 0 Å². The number of guanidine groups is 1. The van der Waals surface area contributed by atoms with Crippen LogP contribution in [0.3, 0.4) is 0 Å². The Labute approximate surface area is 176 Å². The zero-order valence-electron chi connectivity index (χ0n) is 18.3. The van der Waals surface area contributed by atoms with Gasteiger partial charge in [-0.2, -0.15) is 0 Å². The number of rotatable bonds is 4. The lowest BCUT2D eigenvalue weighted by molar-refractivity contribution is 0.138. The van der Waals surface area contributed by atoms with Crippen LogP contribution in [-0.4, -0.2) is 74.4 Å². The van der Waals surface area contributed by atoms with Gasteiger partial charge in [-0.15, -0.1) is 0 Å². The summed E-state index contributed by atoms with van der Waals surface area (Å²) in [6.45, 7) is 9.88. The van der Waals surface area contributed by atoms with E-state index in [9.17, 15) is 8.42 Å². The number of nitrogens with zero attached hydrogens (tertiary/aromatic N) is 3. The molecule has 2 heterocycles. The molecule has 0 radical (unpaired) electrons. The summed E-state index contributed by atoms with van der Waals surface area (Å²) < 4.78 is 23.9. The van der Waals surface area contributed by atoms with Gasteiger partial charge < -0.3 is 10.2 Å². The average molecular weight is 421 g/mol. The smallest absolute Gasteiger partial charge is 0.193 e. The summed E-state index contributed by atoms with van der Waals surface area (Å²) in [5.41, 5.74) is 1.31. The molecule has 0 bridgehead atoms. The predicted octanol–water partition coefficient (Wildman–Crippen LogP) is 2.54. The van der Waals surface area contributed by atoms with Crippen LogP contribution in [0, 0.1) is 5.92 Å². The summed E-state index contributed by atoms with van der Waals surface area (Å²) in [7, 11) is -1.29. The van der Waals surface area contributed by atoms with Crippen LogP contribution in [0.5, 0.6) is 0 Å².